The Morgan fingerprint density at radius 2 is 2.15 bits per heavy atom. The molecular weight excluding hydrogens is 267 g/mol. The molecule has 0 aliphatic rings. The van der Waals surface area contributed by atoms with Crippen LogP contribution in [0.5, 0.6) is 11.5 Å². The maximum absolute atomic E-state index is 13.2. The minimum atomic E-state index is -0.696. The van der Waals surface area contributed by atoms with Gasteiger partial charge >= 0.3 is 5.69 Å². The number of benzene rings is 1. The molecule has 0 aliphatic heterocycles. The lowest BCUT2D eigenvalue weighted by Gasteiger charge is -2.09. The molecule has 3 N–H and O–H groups in total. The van der Waals surface area contributed by atoms with Crippen LogP contribution >= 0.6 is 0 Å². The van der Waals surface area contributed by atoms with E-state index < -0.39 is 16.4 Å². The van der Waals surface area contributed by atoms with Gasteiger partial charge in [-0.25, -0.2) is 4.39 Å². The number of nitrogens with two attached hydrogens (primary N) is 1. The normalized spacial score (nSPS) is 10.1. The maximum atomic E-state index is 13.2. The van der Waals surface area contributed by atoms with Gasteiger partial charge in [-0.1, -0.05) is 0 Å². The predicted octanol–water partition coefficient (Wildman–Crippen LogP) is 2.21. The lowest BCUT2D eigenvalue weighted by atomic mass is 10.2. The largest absolute Gasteiger partial charge is 0.448 e. The summed E-state index contributed by atoms with van der Waals surface area (Å²) in [4.78, 5) is 13.9. The summed E-state index contributed by atoms with van der Waals surface area (Å²) < 4.78 is 18.5. The number of ether oxygens (including phenoxy) is 1. The summed E-state index contributed by atoms with van der Waals surface area (Å²) in [5.74, 6) is -1.22. The Labute approximate surface area is 112 Å². The van der Waals surface area contributed by atoms with Gasteiger partial charge < -0.3 is 10.5 Å². The molecule has 0 aliphatic carbocycles. The van der Waals surface area contributed by atoms with E-state index >= 15 is 0 Å². The number of rotatable bonds is 4. The van der Waals surface area contributed by atoms with E-state index in [1.54, 1.807) is 0 Å². The van der Waals surface area contributed by atoms with Crippen LogP contribution < -0.4 is 10.5 Å². The first-order valence-electron chi connectivity index (χ1n) is 5.39. The van der Waals surface area contributed by atoms with Crippen molar-refractivity contribution in [3.8, 4) is 11.5 Å². The summed E-state index contributed by atoms with van der Waals surface area (Å²) in [5.41, 5.74) is 5.17. The zero-order valence-corrected chi connectivity index (χ0v) is 10.0. The highest BCUT2D eigenvalue weighted by Gasteiger charge is 2.18. The number of amidine groups is 1. The number of nitro groups is 1. The smallest absolute Gasteiger partial charge is 0.311 e. The van der Waals surface area contributed by atoms with Crippen LogP contribution in [0.2, 0.25) is 0 Å². The topological polar surface area (TPSA) is 115 Å². The summed E-state index contributed by atoms with van der Waals surface area (Å²) in [5, 5.41) is 18.2. The predicted molar refractivity (Wildman–Crippen MR) is 68.4 cm³/mol. The fourth-order valence-corrected chi connectivity index (χ4v) is 1.52. The van der Waals surface area contributed by atoms with Crippen LogP contribution in [0.1, 0.15) is 5.56 Å². The highest BCUT2D eigenvalue weighted by molar-refractivity contribution is 5.97. The van der Waals surface area contributed by atoms with Gasteiger partial charge in [0.1, 0.15) is 11.7 Å². The fraction of sp³-hybridized carbons (Fsp3) is 0. The Balaban J connectivity index is 2.47. The fourth-order valence-electron chi connectivity index (χ4n) is 1.52. The first-order chi connectivity index (χ1) is 9.49. The molecule has 0 saturated heterocycles. The second-order valence-electron chi connectivity index (χ2n) is 3.76. The van der Waals surface area contributed by atoms with Crippen LogP contribution in [-0.4, -0.2) is 15.7 Å². The van der Waals surface area contributed by atoms with Gasteiger partial charge in [0.25, 0.3) is 0 Å². The van der Waals surface area contributed by atoms with Crippen molar-refractivity contribution in [2.24, 2.45) is 5.73 Å². The molecule has 2 rings (SSSR count). The molecule has 0 atom stereocenters. The monoisotopic (exact) mass is 276 g/mol. The number of nitro benzene ring substituents is 1. The second-order valence-corrected chi connectivity index (χ2v) is 3.76. The molecule has 1 aromatic heterocycles. The van der Waals surface area contributed by atoms with Gasteiger partial charge in [-0.05, 0) is 12.1 Å². The number of halogens is 1. The molecule has 0 unspecified atom stereocenters. The van der Waals surface area contributed by atoms with Crippen molar-refractivity contribution >= 4 is 11.5 Å². The van der Waals surface area contributed by atoms with Gasteiger partial charge in [-0.2, -0.15) is 0 Å². The van der Waals surface area contributed by atoms with E-state index in [1.807, 2.05) is 0 Å². The van der Waals surface area contributed by atoms with Gasteiger partial charge in [0.2, 0.25) is 5.75 Å². The SMILES string of the molecule is N=C(N)c1ccncc1Oc1cc(F)ccc1[N+](=O)[O-]. The van der Waals surface area contributed by atoms with Crippen molar-refractivity contribution in [3.63, 3.8) is 0 Å². The second kappa shape index (κ2) is 5.31. The third-order valence-corrected chi connectivity index (χ3v) is 2.41. The van der Waals surface area contributed by atoms with E-state index in [4.69, 9.17) is 15.9 Å². The van der Waals surface area contributed by atoms with Crippen molar-refractivity contribution in [1.82, 2.24) is 4.98 Å². The number of nitrogens with zero attached hydrogens (tertiary/aromatic N) is 2. The van der Waals surface area contributed by atoms with Crippen molar-refractivity contribution in [2.45, 2.75) is 0 Å². The number of nitrogens with one attached hydrogen (secondary N) is 1. The van der Waals surface area contributed by atoms with Crippen LogP contribution in [0.25, 0.3) is 0 Å². The van der Waals surface area contributed by atoms with Crippen LogP contribution in [0.15, 0.2) is 36.7 Å². The third-order valence-electron chi connectivity index (χ3n) is 2.41. The Hall–Kier alpha value is -3.03. The van der Waals surface area contributed by atoms with Crippen LogP contribution in [0.3, 0.4) is 0 Å². The van der Waals surface area contributed by atoms with Crippen molar-refractivity contribution < 1.29 is 14.1 Å². The lowest BCUT2D eigenvalue weighted by Crippen LogP contribution is -2.12. The zero-order valence-electron chi connectivity index (χ0n) is 10.0. The Morgan fingerprint density at radius 1 is 1.40 bits per heavy atom. The lowest BCUT2D eigenvalue weighted by molar-refractivity contribution is -0.385. The van der Waals surface area contributed by atoms with E-state index in [-0.39, 0.29) is 22.9 Å². The van der Waals surface area contributed by atoms with E-state index in [2.05, 4.69) is 4.98 Å². The van der Waals surface area contributed by atoms with E-state index in [9.17, 15) is 14.5 Å². The van der Waals surface area contributed by atoms with Crippen LogP contribution in [0, 0.1) is 21.3 Å². The quantitative estimate of drug-likeness (QED) is 0.384. The molecule has 0 fully saturated rings. The molecule has 0 radical (unpaired) electrons. The summed E-state index contributed by atoms with van der Waals surface area (Å²) in [6.07, 6.45) is 2.63. The van der Waals surface area contributed by atoms with Crippen LogP contribution in [-0.2, 0) is 0 Å². The highest BCUT2D eigenvalue weighted by Crippen LogP contribution is 2.32. The van der Waals surface area contributed by atoms with Gasteiger partial charge in [0, 0.05) is 18.3 Å². The first kappa shape index (κ1) is 13.4. The van der Waals surface area contributed by atoms with Gasteiger partial charge in [0.05, 0.1) is 16.7 Å². The molecule has 2 aromatic rings. The first-order valence-corrected chi connectivity index (χ1v) is 5.39. The minimum Gasteiger partial charge on any atom is -0.448 e. The highest BCUT2D eigenvalue weighted by atomic mass is 19.1. The zero-order chi connectivity index (χ0) is 14.7. The number of aromatic nitrogens is 1. The number of pyridine rings is 1. The summed E-state index contributed by atoms with van der Waals surface area (Å²) in [6.45, 7) is 0. The standard InChI is InChI=1S/C12H9FN4O3/c13-7-1-2-9(17(18)19)10(5-7)20-11-6-16-4-3-8(11)12(14)15/h1-6H,(H3,14,15). The summed E-state index contributed by atoms with van der Waals surface area (Å²) in [6, 6.07) is 4.26. The number of hydrogen-bond acceptors (Lipinski definition) is 5. The maximum Gasteiger partial charge on any atom is 0.311 e. The third kappa shape index (κ3) is 2.69. The van der Waals surface area contributed by atoms with Crippen LogP contribution in [0.4, 0.5) is 10.1 Å². The summed E-state index contributed by atoms with van der Waals surface area (Å²) in [7, 11) is 0. The average Bonchev–Trinajstić information content (AvgIpc) is 2.38. The molecule has 7 nitrogen and oxygen atoms in total. The van der Waals surface area contributed by atoms with Gasteiger partial charge in [-0.15, -0.1) is 0 Å². The van der Waals surface area contributed by atoms with Crippen molar-refractivity contribution in [1.29, 1.82) is 5.41 Å². The number of nitrogen functional groups attached to an aromatic ring is 1. The molecule has 20 heavy (non-hydrogen) atoms. The average molecular weight is 276 g/mol. The molecular formula is C12H9FN4O3. The molecule has 0 saturated carbocycles. The van der Waals surface area contributed by atoms with Gasteiger partial charge in [-0.3, -0.25) is 20.5 Å². The molecule has 0 bridgehead atoms. The molecule has 1 heterocycles. The Bertz CT molecular complexity index is 690. The van der Waals surface area contributed by atoms with E-state index in [0.717, 1.165) is 18.2 Å². The summed E-state index contributed by atoms with van der Waals surface area (Å²) >= 11 is 0. The molecule has 8 heteroatoms. The van der Waals surface area contributed by atoms with Gasteiger partial charge in [0.15, 0.2) is 5.75 Å². The van der Waals surface area contributed by atoms with E-state index in [1.165, 1.54) is 18.5 Å². The Morgan fingerprint density at radius 3 is 2.80 bits per heavy atom. The molecule has 102 valence electrons. The number of hydrogen-bond donors (Lipinski definition) is 2. The van der Waals surface area contributed by atoms with Crippen molar-refractivity contribution in [2.75, 3.05) is 0 Å². The molecule has 0 amide bonds. The molecule has 1 aromatic carbocycles. The molecule has 0 spiro atoms. The van der Waals surface area contributed by atoms with Crippen molar-refractivity contribution in [3.05, 3.63) is 58.2 Å². The van der Waals surface area contributed by atoms with E-state index in [0.29, 0.717) is 0 Å². The minimum absolute atomic E-state index is 0.0358. The Kier molecular flexibility index (Phi) is 3.56.